The predicted octanol–water partition coefficient (Wildman–Crippen LogP) is 2.16. The molecular weight excluding hydrogens is 110 g/mol. The second kappa shape index (κ2) is 2.62. The Kier molecular flexibility index (Phi) is 1.83. The average molecular weight is 121 g/mol. The Bertz CT molecular complexity index is 165. The SMILES string of the molecule is CC1=CCC(C=N)C=C1. The van der Waals surface area contributed by atoms with Crippen molar-refractivity contribution < 1.29 is 0 Å². The number of hydrogen-bond acceptors (Lipinski definition) is 1. The quantitative estimate of drug-likeness (QED) is 0.514. The van der Waals surface area contributed by atoms with Crippen LogP contribution in [-0.2, 0) is 0 Å². The number of hydrogen-bond donors (Lipinski definition) is 1. The molecule has 0 aliphatic heterocycles. The average Bonchev–Trinajstić information content (AvgIpc) is 1.90. The minimum Gasteiger partial charge on any atom is -0.312 e. The Morgan fingerprint density at radius 3 is 3.00 bits per heavy atom. The molecule has 0 spiro atoms. The molecule has 0 saturated carbocycles. The number of allylic oxidation sites excluding steroid dienone is 4. The van der Waals surface area contributed by atoms with E-state index in [2.05, 4.69) is 25.2 Å². The van der Waals surface area contributed by atoms with Gasteiger partial charge in [-0.05, 0) is 13.3 Å². The third kappa shape index (κ3) is 1.53. The van der Waals surface area contributed by atoms with E-state index in [4.69, 9.17) is 5.41 Å². The minimum atomic E-state index is 0.355. The van der Waals surface area contributed by atoms with Crippen LogP contribution in [0.15, 0.2) is 23.8 Å². The van der Waals surface area contributed by atoms with Crippen LogP contribution in [0.5, 0.6) is 0 Å². The van der Waals surface area contributed by atoms with Gasteiger partial charge in [0.15, 0.2) is 0 Å². The largest absolute Gasteiger partial charge is 0.312 e. The monoisotopic (exact) mass is 121 g/mol. The van der Waals surface area contributed by atoms with Gasteiger partial charge in [-0.1, -0.05) is 23.8 Å². The van der Waals surface area contributed by atoms with Crippen molar-refractivity contribution in [3.63, 3.8) is 0 Å². The lowest BCUT2D eigenvalue weighted by Crippen LogP contribution is -1.98. The molecule has 0 aromatic carbocycles. The highest BCUT2D eigenvalue weighted by atomic mass is 14.3. The van der Waals surface area contributed by atoms with Crippen molar-refractivity contribution in [1.29, 1.82) is 5.41 Å². The van der Waals surface area contributed by atoms with Gasteiger partial charge in [0.1, 0.15) is 0 Å². The van der Waals surface area contributed by atoms with E-state index in [1.54, 1.807) is 0 Å². The summed E-state index contributed by atoms with van der Waals surface area (Å²) < 4.78 is 0. The van der Waals surface area contributed by atoms with E-state index in [0.717, 1.165) is 6.42 Å². The van der Waals surface area contributed by atoms with E-state index >= 15 is 0 Å². The van der Waals surface area contributed by atoms with Gasteiger partial charge >= 0.3 is 0 Å². The van der Waals surface area contributed by atoms with Gasteiger partial charge in [0.2, 0.25) is 0 Å². The summed E-state index contributed by atoms with van der Waals surface area (Å²) in [6.45, 7) is 2.08. The van der Waals surface area contributed by atoms with Gasteiger partial charge in [0, 0.05) is 12.1 Å². The number of nitrogens with one attached hydrogen (secondary N) is 1. The van der Waals surface area contributed by atoms with E-state index in [9.17, 15) is 0 Å². The summed E-state index contributed by atoms with van der Waals surface area (Å²) in [5.41, 5.74) is 1.31. The maximum atomic E-state index is 6.96. The van der Waals surface area contributed by atoms with E-state index < -0.39 is 0 Å². The summed E-state index contributed by atoms with van der Waals surface area (Å²) in [7, 11) is 0. The molecule has 0 bridgehead atoms. The molecule has 0 fully saturated rings. The third-order valence-corrected chi connectivity index (χ3v) is 1.53. The first-order valence-electron chi connectivity index (χ1n) is 3.18. The first-order valence-corrected chi connectivity index (χ1v) is 3.18. The Balaban J connectivity index is 2.58. The lowest BCUT2D eigenvalue weighted by Gasteiger charge is -2.07. The lowest BCUT2D eigenvalue weighted by atomic mass is 9.99. The van der Waals surface area contributed by atoms with E-state index in [0.29, 0.717) is 5.92 Å². The predicted molar refractivity (Wildman–Crippen MR) is 39.8 cm³/mol. The summed E-state index contributed by atoms with van der Waals surface area (Å²) >= 11 is 0. The molecule has 1 aliphatic carbocycles. The molecule has 9 heavy (non-hydrogen) atoms. The van der Waals surface area contributed by atoms with Crippen molar-refractivity contribution in [1.82, 2.24) is 0 Å². The van der Waals surface area contributed by atoms with Gasteiger partial charge in [0.05, 0.1) is 0 Å². The molecule has 0 heterocycles. The van der Waals surface area contributed by atoms with Crippen molar-refractivity contribution >= 4 is 6.21 Å². The lowest BCUT2D eigenvalue weighted by molar-refractivity contribution is 0.872. The minimum absolute atomic E-state index is 0.355. The standard InChI is InChI=1S/C8H11N/c1-7-2-4-8(6-9)5-3-7/h2-4,6,8-9H,5H2,1H3. The molecule has 1 N–H and O–H groups in total. The van der Waals surface area contributed by atoms with Crippen molar-refractivity contribution in [2.24, 2.45) is 5.92 Å². The van der Waals surface area contributed by atoms with Gasteiger partial charge in [-0.25, -0.2) is 0 Å². The normalized spacial score (nSPS) is 25.4. The maximum absolute atomic E-state index is 6.96. The second-order valence-electron chi connectivity index (χ2n) is 2.37. The summed E-state index contributed by atoms with van der Waals surface area (Å²) in [5.74, 6) is 0.355. The molecule has 1 unspecified atom stereocenters. The van der Waals surface area contributed by atoms with Gasteiger partial charge in [-0.2, -0.15) is 0 Å². The molecule has 48 valence electrons. The summed E-state index contributed by atoms with van der Waals surface area (Å²) in [5, 5.41) is 6.96. The molecule has 1 atom stereocenters. The van der Waals surface area contributed by atoms with Crippen LogP contribution in [0.25, 0.3) is 0 Å². The zero-order valence-corrected chi connectivity index (χ0v) is 5.59. The maximum Gasteiger partial charge on any atom is 0.0153 e. The van der Waals surface area contributed by atoms with Crippen molar-refractivity contribution in [2.75, 3.05) is 0 Å². The van der Waals surface area contributed by atoms with Crippen LogP contribution in [-0.4, -0.2) is 6.21 Å². The fourth-order valence-electron chi connectivity index (χ4n) is 0.868. The van der Waals surface area contributed by atoms with Gasteiger partial charge in [-0.3, -0.25) is 0 Å². The Labute approximate surface area is 55.6 Å². The first-order chi connectivity index (χ1) is 4.33. The Morgan fingerprint density at radius 2 is 2.56 bits per heavy atom. The van der Waals surface area contributed by atoms with Crippen molar-refractivity contribution in [3.05, 3.63) is 23.8 Å². The van der Waals surface area contributed by atoms with E-state index in [1.165, 1.54) is 11.8 Å². The highest BCUT2D eigenvalue weighted by Crippen LogP contribution is 2.13. The molecular formula is C8H11N. The van der Waals surface area contributed by atoms with Crippen LogP contribution < -0.4 is 0 Å². The van der Waals surface area contributed by atoms with Crippen LogP contribution >= 0.6 is 0 Å². The van der Waals surface area contributed by atoms with Gasteiger partial charge in [0.25, 0.3) is 0 Å². The summed E-state index contributed by atoms with van der Waals surface area (Å²) in [6.07, 6.45) is 8.79. The molecule has 0 radical (unpaired) electrons. The summed E-state index contributed by atoms with van der Waals surface area (Å²) in [4.78, 5) is 0. The fraction of sp³-hybridized carbons (Fsp3) is 0.375. The molecule has 0 aromatic heterocycles. The summed E-state index contributed by atoms with van der Waals surface area (Å²) in [6, 6.07) is 0. The van der Waals surface area contributed by atoms with E-state index in [-0.39, 0.29) is 0 Å². The van der Waals surface area contributed by atoms with Crippen LogP contribution in [0, 0.1) is 11.3 Å². The second-order valence-corrected chi connectivity index (χ2v) is 2.37. The topological polar surface area (TPSA) is 23.9 Å². The molecule has 1 aliphatic rings. The van der Waals surface area contributed by atoms with Crippen molar-refractivity contribution in [3.8, 4) is 0 Å². The highest BCUT2D eigenvalue weighted by Gasteiger charge is 2.01. The number of rotatable bonds is 1. The Hall–Kier alpha value is -0.850. The molecule has 0 aromatic rings. The zero-order valence-electron chi connectivity index (χ0n) is 5.59. The molecule has 1 nitrogen and oxygen atoms in total. The van der Waals surface area contributed by atoms with Crippen LogP contribution in [0.4, 0.5) is 0 Å². The van der Waals surface area contributed by atoms with E-state index in [1.807, 2.05) is 0 Å². The smallest absolute Gasteiger partial charge is 0.0153 e. The Morgan fingerprint density at radius 1 is 1.78 bits per heavy atom. The fourth-order valence-corrected chi connectivity index (χ4v) is 0.868. The highest BCUT2D eigenvalue weighted by molar-refractivity contribution is 5.61. The van der Waals surface area contributed by atoms with Crippen LogP contribution in [0.1, 0.15) is 13.3 Å². The van der Waals surface area contributed by atoms with Gasteiger partial charge in [-0.15, -0.1) is 0 Å². The molecule has 1 heteroatoms. The third-order valence-electron chi connectivity index (χ3n) is 1.53. The van der Waals surface area contributed by atoms with Gasteiger partial charge < -0.3 is 5.41 Å². The van der Waals surface area contributed by atoms with Crippen molar-refractivity contribution in [2.45, 2.75) is 13.3 Å². The first kappa shape index (κ1) is 6.27. The van der Waals surface area contributed by atoms with Crippen LogP contribution in [0.2, 0.25) is 0 Å². The zero-order chi connectivity index (χ0) is 6.69. The molecule has 1 rings (SSSR count). The molecule has 0 saturated heterocycles. The molecule has 0 amide bonds. The van der Waals surface area contributed by atoms with Crippen LogP contribution in [0.3, 0.4) is 0 Å².